The van der Waals surface area contributed by atoms with E-state index in [0.29, 0.717) is 23.7 Å². The summed E-state index contributed by atoms with van der Waals surface area (Å²) in [4.78, 5) is 11.2. The molecule has 1 aliphatic carbocycles. The lowest BCUT2D eigenvalue weighted by Gasteiger charge is -2.41. The van der Waals surface area contributed by atoms with E-state index in [1.807, 2.05) is 49.3 Å². The smallest absolute Gasteiger partial charge is 0.226 e. The first kappa shape index (κ1) is 27.8. The van der Waals surface area contributed by atoms with Crippen molar-refractivity contribution in [2.45, 2.75) is 23.2 Å². The number of benzene rings is 2. The zero-order valence-corrected chi connectivity index (χ0v) is 24.4. The van der Waals surface area contributed by atoms with E-state index in [9.17, 15) is 10.2 Å². The number of methoxy groups -OCH3 is 2. The van der Waals surface area contributed by atoms with Gasteiger partial charge in [0.1, 0.15) is 5.75 Å². The molecule has 3 aliphatic rings. The van der Waals surface area contributed by atoms with Crippen LogP contribution >= 0.6 is 0 Å². The van der Waals surface area contributed by atoms with Crippen molar-refractivity contribution in [2.24, 2.45) is 5.92 Å². The predicted octanol–water partition coefficient (Wildman–Crippen LogP) is 2.66. The molecule has 0 radical (unpaired) electrons. The molecular weight excluding hydrogens is 520 g/mol. The lowest BCUT2D eigenvalue weighted by Crippen LogP contribution is -2.52. The molecule has 5 atom stereocenters. The largest absolute Gasteiger partial charge is 0.481 e. The van der Waals surface area contributed by atoms with Crippen molar-refractivity contribution in [3.63, 3.8) is 0 Å². The average Bonchev–Trinajstić information content (AvgIpc) is 3.35. The number of anilines is 1. The Bertz CT molecular complexity index is 1380. The standard InChI is InChI=1S/C32H40N4O5/c1-34(2)20-24-27(21-9-7-6-8-10-21)32(22-11-13-23(14-12-22)36-17-15-35(3)16-18-36)31(38,29(24)37)28-25(41-32)19-26(39-4)33-30(28)40-5/h6-14,19,24,27,29,37-38H,15-18,20H2,1-5H3/t24-,27-,29-,31+,32+/m1/s1. The third kappa shape index (κ3) is 4.17. The molecule has 41 heavy (non-hydrogen) atoms. The SMILES string of the molecule is COc1cc2c(c(OC)n1)[C@]1(O)[C@H](O)[C@H](CN(C)C)[C@@H](c3ccccc3)[C@]1(c1ccc(N3CCN(C)CC3)cc1)O2. The van der Waals surface area contributed by atoms with Gasteiger partial charge in [-0.3, -0.25) is 0 Å². The number of ether oxygens (including phenoxy) is 3. The summed E-state index contributed by atoms with van der Waals surface area (Å²) in [5.41, 5.74) is 0.00677. The number of aliphatic hydroxyl groups is 2. The Morgan fingerprint density at radius 3 is 2.29 bits per heavy atom. The zero-order chi connectivity index (χ0) is 28.9. The van der Waals surface area contributed by atoms with Crippen molar-refractivity contribution in [3.8, 4) is 17.5 Å². The van der Waals surface area contributed by atoms with Gasteiger partial charge in [-0.05, 0) is 44.4 Å². The second kappa shape index (κ2) is 10.5. The highest BCUT2D eigenvalue weighted by Gasteiger charge is 2.77. The fourth-order valence-corrected chi connectivity index (χ4v) is 7.27. The van der Waals surface area contributed by atoms with Crippen LogP contribution in [0, 0.1) is 5.92 Å². The molecule has 218 valence electrons. The van der Waals surface area contributed by atoms with Crippen LogP contribution in [0.2, 0.25) is 0 Å². The summed E-state index contributed by atoms with van der Waals surface area (Å²) in [7, 11) is 9.13. The van der Waals surface area contributed by atoms with Gasteiger partial charge >= 0.3 is 0 Å². The van der Waals surface area contributed by atoms with E-state index in [1.54, 1.807) is 6.07 Å². The third-order valence-corrected chi connectivity index (χ3v) is 9.15. The van der Waals surface area contributed by atoms with Gasteiger partial charge in [0, 0.05) is 56.3 Å². The normalized spacial score (nSPS) is 29.3. The summed E-state index contributed by atoms with van der Waals surface area (Å²) < 4.78 is 18.1. The topological polar surface area (TPSA) is 90.8 Å². The number of likely N-dealkylation sites (N-methyl/N-ethyl adjacent to an activating group) is 1. The van der Waals surface area contributed by atoms with Crippen molar-refractivity contribution in [3.05, 3.63) is 77.4 Å². The van der Waals surface area contributed by atoms with E-state index in [2.05, 4.69) is 46.1 Å². The summed E-state index contributed by atoms with van der Waals surface area (Å²) in [5.74, 6) is 0.107. The van der Waals surface area contributed by atoms with E-state index in [0.717, 1.165) is 43.0 Å². The van der Waals surface area contributed by atoms with E-state index < -0.39 is 23.2 Å². The first-order valence-electron chi connectivity index (χ1n) is 14.2. The van der Waals surface area contributed by atoms with Crippen LogP contribution in [0.15, 0.2) is 60.7 Å². The summed E-state index contributed by atoms with van der Waals surface area (Å²) in [5, 5.41) is 25.2. The van der Waals surface area contributed by atoms with E-state index in [-0.39, 0.29) is 11.8 Å². The van der Waals surface area contributed by atoms with Crippen LogP contribution in [0.3, 0.4) is 0 Å². The highest BCUT2D eigenvalue weighted by molar-refractivity contribution is 5.61. The lowest BCUT2D eigenvalue weighted by atomic mass is 9.70. The molecule has 2 aliphatic heterocycles. The quantitative estimate of drug-likeness (QED) is 0.453. The Labute approximate surface area is 241 Å². The van der Waals surface area contributed by atoms with Crippen molar-refractivity contribution in [1.82, 2.24) is 14.8 Å². The molecule has 2 N–H and O–H groups in total. The van der Waals surface area contributed by atoms with Gasteiger partial charge in [-0.1, -0.05) is 42.5 Å². The number of aromatic nitrogens is 1. The van der Waals surface area contributed by atoms with Gasteiger partial charge in [-0.2, -0.15) is 4.98 Å². The van der Waals surface area contributed by atoms with Gasteiger partial charge in [-0.15, -0.1) is 0 Å². The van der Waals surface area contributed by atoms with Crippen LogP contribution < -0.4 is 19.1 Å². The fourth-order valence-electron chi connectivity index (χ4n) is 7.27. The number of pyridine rings is 1. The Morgan fingerprint density at radius 1 is 1.00 bits per heavy atom. The van der Waals surface area contributed by atoms with Gasteiger partial charge < -0.3 is 39.1 Å². The predicted molar refractivity (Wildman–Crippen MR) is 157 cm³/mol. The number of aliphatic hydroxyl groups excluding tert-OH is 1. The van der Waals surface area contributed by atoms with Gasteiger partial charge in [0.05, 0.1) is 25.9 Å². The Morgan fingerprint density at radius 2 is 1.68 bits per heavy atom. The van der Waals surface area contributed by atoms with Crippen LogP contribution in [-0.2, 0) is 11.2 Å². The molecule has 3 heterocycles. The molecule has 9 nitrogen and oxygen atoms in total. The molecular formula is C32H40N4O5. The molecule has 3 aromatic rings. The van der Waals surface area contributed by atoms with Gasteiger partial charge in [0.15, 0.2) is 11.2 Å². The summed E-state index contributed by atoms with van der Waals surface area (Å²) in [6.45, 7) is 4.45. The minimum atomic E-state index is -1.86. The van der Waals surface area contributed by atoms with Crippen molar-refractivity contribution in [2.75, 3.05) is 73.0 Å². The van der Waals surface area contributed by atoms with Crippen LogP contribution in [-0.4, -0.2) is 99.2 Å². The molecule has 0 unspecified atom stereocenters. The summed E-state index contributed by atoms with van der Waals surface area (Å²) in [6, 6.07) is 20.0. The van der Waals surface area contributed by atoms with Gasteiger partial charge in [0.25, 0.3) is 0 Å². The first-order chi connectivity index (χ1) is 19.7. The Balaban J connectivity index is 1.57. The summed E-state index contributed by atoms with van der Waals surface area (Å²) in [6.07, 6.45) is -1.18. The third-order valence-electron chi connectivity index (χ3n) is 9.15. The molecule has 1 saturated heterocycles. The second-order valence-electron chi connectivity index (χ2n) is 11.7. The van der Waals surface area contributed by atoms with Crippen molar-refractivity contribution >= 4 is 5.69 Å². The van der Waals surface area contributed by atoms with E-state index in [4.69, 9.17) is 14.2 Å². The van der Waals surface area contributed by atoms with Crippen LogP contribution in [0.1, 0.15) is 22.6 Å². The lowest BCUT2D eigenvalue weighted by molar-refractivity contribution is -0.152. The van der Waals surface area contributed by atoms with Gasteiger partial charge in [0.2, 0.25) is 11.8 Å². The molecule has 1 aromatic heterocycles. The van der Waals surface area contributed by atoms with Gasteiger partial charge in [-0.25, -0.2) is 0 Å². The first-order valence-corrected chi connectivity index (χ1v) is 14.2. The number of nitrogens with zero attached hydrogens (tertiary/aromatic N) is 4. The average molecular weight is 561 g/mol. The molecule has 0 spiro atoms. The van der Waals surface area contributed by atoms with Crippen molar-refractivity contribution < 1.29 is 24.4 Å². The number of hydrogen-bond acceptors (Lipinski definition) is 9. The monoisotopic (exact) mass is 560 g/mol. The molecule has 6 rings (SSSR count). The fraction of sp³-hybridized carbons (Fsp3) is 0.469. The zero-order valence-electron chi connectivity index (χ0n) is 24.4. The second-order valence-corrected chi connectivity index (χ2v) is 11.7. The molecule has 2 aromatic carbocycles. The van der Waals surface area contributed by atoms with E-state index >= 15 is 0 Å². The maximum absolute atomic E-state index is 13.0. The van der Waals surface area contributed by atoms with Crippen LogP contribution in [0.5, 0.6) is 17.5 Å². The maximum Gasteiger partial charge on any atom is 0.226 e. The Kier molecular flexibility index (Phi) is 7.10. The molecule has 9 heteroatoms. The minimum Gasteiger partial charge on any atom is -0.481 e. The molecule has 1 saturated carbocycles. The highest BCUT2D eigenvalue weighted by Crippen LogP contribution is 2.70. The summed E-state index contributed by atoms with van der Waals surface area (Å²) >= 11 is 0. The molecule has 0 amide bonds. The Hall–Kier alpha value is -3.37. The van der Waals surface area contributed by atoms with Crippen molar-refractivity contribution in [1.29, 1.82) is 0 Å². The molecule has 2 fully saturated rings. The molecule has 0 bridgehead atoms. The number of piperazine rings is 1. The number of hydrogen-bond donors (Lipinski definition) is 2. The number of rotatable bonds is 7. The maximum atomic E-state index is 13.0. The number of fused-ring (bicyclic) bond motifs is 3. The van der Waals surface area contributed by atoms with E-state index in [1.165, 1.54) is 14.2 Å². The minimum absolute atomic E-state index is 0.175. The van der Waals surface area contributed by atoms with Crippen LogP contribution in [0.25, 0.3) is 0 Å². The van der Waals surface area contributed by atoms with Crippen LogP contribution in [0.4, 0.5) is 5.69 Å². The highest BCUT2D eigenvalue weighted by atomic mass is 16.5.